The number of rotatable bonds is 3. The van der Waals surface area contributed by atoms with E-state index in [4.69, 9.17) is 0 Å². The zero-order valence-electron chi connectivity index (χ0n) is 14.0. The van der Waals surface area contributed by atoms with Crippen LogP contribution in [0.3, 0.4) is 0 Å². The van der Waals surface area contributed by atoms with Gasteiger partial charge in [-0.05, 0) is 55.0 Å². The van der Waals surface area contributed by atoms with Gasteiger partial charge in [0, 0.05) is 26.1 Å². The number of carbonyl (C=O) groups excluding carboxylic acids is 2. The molecule has 0 bridgehead atoms. The summed E-state index contributed by atoms with van der Waals surface area (Å²) in [6, 6.07) is 6.45. The summed E-state index contributed by atoms with van der Waals surface area (Å²) in [5.74, 6) is 0.336. The maximum atomic E-state index is 12.1. The van der Waals surface area contributed by atoms with E-state index in [1.54, 1.807) is 0 Å². The van der Waals surface area contributed by atoms with Gasteiger partial charge >= 0.3 is 0 Å². The van der Waals surface area contributed by atoms with Crippen molar-refractivity contribution in [2.24, 2.45) is 5.92 Å². The number of carbonyl (C=O) groups is 2. The van der Waals surface area contributed by atoms with E-state index < -0.39 is 0 Å². The van der Waals surface area contributed by atoms with Crippen LogP contribution < -0.4 is 10.6 Å². The van der Waals surface area contributed by atoms with Crippen molar-refractivity contribution in [3.63, 3.8) is 0 Å². The lowest BCUT2D eigenvalue weighted by atomic mass is 9.89. The molecule has 24 heavy (non-hydrogen) atoms. The van der Waals surface area contributed by atoms with E-state index in [0.717, 1.165) is 37.7 Å². The van der Waals surface area contributed by atoms with Crippen LogP contribution in [-0.2, 0) is 22.7 Å². The van der Waals surface area contributed by atoms with E-state index >= 15 is 0 Å². The summed E-state index contributed by atoms with van der Waals surface area (Å²) in [7, 11) is 0. The van der Waals surface area contributed by atoms with E-state index in [-0.39, 0.29) is 17.7 Å². The lowest BCUT2D eigenvalue weighted by Crippen LogP contribution is -2.39. The molecule has 3 aliphatic heterocycles. The predicted molar refractivity (Wildman–Crippen MR) is 91.3 cm³/mol. The first-order valence-electron chi connectivity index (χ1n) is 9.07. The Balaban J connectivity index is 1.43. The predicted octanol–water partition coefficient (Wildman–Crippen LogP) is 1.52. The Morgan fingerprint density at radius 2 is 1.83 bits per heavy atom. The molecule has 2 N–H and O–H groups in total. The van der Waals surface area contributed by atoms with Gasteiger partial charge in [-0.1, -0.05) is 18.2 Å². The summed E-state index contributed by atoms with van der Waals surface area (Å²) in [5.41, 5.74) is 3.80. The average molecular weight is 327 g/mol. The molecular weight excluding hydrogens is 302 g/mol. The highest BCUT2D eigenvalue weighted by Crippen LogP contribution is 2.31. The smallest absolute Gasteiger partial charge is 0.234 e. The molecule has 2 saturated heterocycles. The molecule has 0 saturated carbocycles. The van der Waals surface area contributed by atoms with Crippen LogP contribution in [0.5, 0.6) is 0 Å². The van der Waals surface area contributed by atoms with Gasteiger partial charge in [-0.3, -0.25) is 19.8 Å². The normalized spacial score (nSPS) is 25.6. The SMILES string of the molecule is O=C1CCC(c2ccc3c(c2)CN(CC2CCNCC2)C3)C(=O)N1. The fourth-order valence-electron chi connectivity index (χ4n) is 4.27. The largest absolute Gasteiger partial charge is 0.317 e. The van der Waals surface area contributed by atoms with E-state index in [9.17, 15) is 9.59 Å². The highest BCUT2D eigenvalue weighted by atomic mass is 16.2. The van der Waals surface area contributed by atoms with Gasteiger partial charge in [-0.2, -0.15) is 0 Å². The van der Waals surface area contributed by atoms with Crippen LogP contribution in [0.25, 0.3) is 0 Å². The van der Waals surface area contributed by atoms with Crippen molar-refractivity contribution < 1.29 is 9.59 Å². The number of fused-ring (bicyclic) bond motifs is 1. The maximum absolute atomic E-state index is 12.1. The molecule has 5 heteroatoms. The number of benzene rings is 1. The van der Waals surface area contributed by atoms with Crippen molar-refractivity contribution in [3.05, 3.63) is 34.9 Å². The summed E-state index contributed by atoms with van der Waals surface area (Å²) < 4.78 is 0. The minimum atomic E-state index is -0.175. The molecule has 1 unspecified atom stereocenters. The number of hydrogen-bond donors (Lipinski definition) is 2. The van der Waals surface area contributed by atoms with Gasteiger partial charge in [0.2, 0.25) is 11.8 Å². The highest BCUT2D eigenvalue weighted by molar-refractivity contribution is 6.00. The Bertz CT molecular complexity index is 652. The number of amides is 2. The Hall–Kier alpha value is -1.72. The minimum Gasteiger partial charge on any atom is -0.317 e. The topological polar surface area (TPSA) is 61.4 Å². The molecule has 2 amide bonds. The van der Waals surface area contributed by atoms with Gasteiger partial charge in [0.15, 0.2) is 0 Å². The van der Waals surface area contributed by atoms with E-state index in [2.05, 4.69) is 33.7 Å². The van der Waals surface area contributed by atoms with Gasteiger partial charge in [0.1, 0.15) is 0 Å². The van der Waals surface area contributed by atoms with Gasteiger partial charge in [0.25, 0.3) is 0 Å². The van der Waals surface area contributed by atoms with E-state index in [1.165, 1.54) is 30.5 Å². The molecule has 4 rings (SSSR count). The summed E-state index contributed by atoms with van der Waals surface area (Å²) >= 11 is 0. The van der Waals surface area contributed by atoms with Crippen molar-refractivity contribution in [1.82, 2.24) is 15.5 Å². The molecule has 1 atom stereocenters. The fourth-order valence-corrected chi connectivity index (χ4v) is 4.27. The second-order valence-corrected chi connectivity index (χ2v) is 7.39. The van der Waals surface area contributed by atoms with Crippen LogP contribution in [-0.4, -0.2) is 36.3 Å². The number of imide groups is 1. The molecule has 128 valence electrons. The van der Waals surface area contributed by atoms with E-state index in [1.807, 2.05) is 0 Å². The number of nitrogens with zero attached hydrogens (tertiary/aromatic N) is 1. The van der Waals surface area contributed by atoms with Crippen LogP contribution in [0.1, 0.15) is 48.3 Å². The molecule has 1 aromatic rings. The minimum absolute atomic E-state index is 0.143. The summed E-state index contributed by atoms with van der Waals surface area (Å²) in [6.07, 6.45) is 3.61. The van der Waals surface area contributed by atoms with Crippen LogP contribution in [0.15, 0.2) is 18.2 Å². The lowest BCUT2D eigenvalue weighted by Gasteiger charge is -2.27. The Morgan fingerprint density at radius 1 is 1.04 bits per heavy atom. The van der Waals surface area contributed by atoms with Crippen LogP contribution in [0.4, 0.5) is 0 Å². The highest BCUT2D eigenvalue weighted by Gasteiger charge is 2.29. The number of hydrogen-bond acceptors (Lipinski definition) is 4. The van der Waals surface area contributed by atoms with Crippen molar-refractivity contribution in [2.75, 3.05) is 19.6 Å². The monoisotopic (exact) mass is 327 g/mol. The van der Waals surface area contributed by atoms with Crippen LogP contribution >= 0.6 is 0 Å². The zero-order valence-corrected chi connectivity index (χ0v) is 14.0. The van der Waals surface area contributed by atoms with Crippen molar-refractivity contribution in [3.8, 4) is 0 Å². The Kier molecular flexibility index (Phi) is 4.37. The van der Waals surface area contributed by atoms with Gasteiger partial charge < -0.3 is 5.32 Å². The first kappa shape index (κ1) is 15.8. The zero-order chi connectivity index (χ0) is 16.5. The van der Waals surface area contributed by atoms with Crippen molar-refractivity contribution in [1.29, 1.82) is 0 Å². The summed E-state index contributed by atoms with van der Waals surface area (Å²) in [6.45, 7) is 5.47. The van der Waals surface area contributed by atoms with Crippen LogP contribution in [0.2, 0.25) is 0 Å². The molecule has 3 heterocycles. The molecule has 3 aliphatic rings. The summed E-state index contributed by atoms with van der Waals surface area (Å²) in [4.78, 5) is 25.9. The Morgan fingerprint density at radius 3 is 2.62 bits per heavy atom. The lowest BCUT2D eigenvalue weighted by molar-refractivity contribution is -0.134. The quantitative estimate of drug-likeness (QED) is 0.827. The van der Waals surface area contributed by atoms with Crippen LogP contribution in [0, 0.1) is 5.92 Å². The standard InChI is InChI=1S/C19H25N3O2/c23-18-4-3-17(19(24)21-18)14-1-2-15-11-22(12-16(15)9-14)10-13-5-7-20-8-6-13/h1-2,9,13,17,20H,3-8,10-12H2,(H,21,23,24). The Labute approximate surface area is 142 Å². The third-order valence-corrected chi connectivity index (χ3v) is 5.63. The molecular formula is C19H25N3O2. The third-order valence-electron chi connectivity index (χ3n) is 5.63. The van der Waals surface area contributed by atoms with Gasteiger partial charge in [-0.25, -0.2) is 0 Å². The molecule has 0 aromatic heterocycles. The number of piperidine rings is 2. The average Bonchev–Trinajstić information content (AvgIpc) is 2.97. The molecule has 0 aliphatic carbocycles. The third kappa shape index (κ3) is 3.23. The number of nitrogens with one attached hydrogen (secondary N) is 2. The fraction of sp³-hybridized carbons (Fsp3) is 0.579. The second kappa shape index (κ2) is 6.65. The molecule has 2 fully saturated rings. The van der Waals surface area contributed by atoms with Crippen molar-refractivity contribution in [2.45, 2.75) is 44.7 Å². The second-order valence-electron chi connectivity index (χ2n) is 7.39. The van der Waals surface area contributed by atoms with Crippen molar-refractivity contribution >= 4 is 11.8 Å². The molecule has 1 aromatic carbocycles. The maximum Gasteiger partial charge on any atom is 0.234 e. The first-order chi connectivity index (χ1) is 11.7. The summed E-state index contributed by atoms with van der Waals surface area (Å²) in [5, 5.41) is 5.89. The van der Waals surface area contributed by atoms with Gasteiger partial charge in [0.05, 0.1) is 5.92 Å². The molecule has 0 spiro atoms. The van der Waals surface area contributed by atoms with Gasteiger partial charge in [-0.15, -0.1) is 0 Å². The molecule has 5 nitrogen and oxygen atoms in total. The molecule has 0 radical (unpaired) electrons. The van der Waals surface area contributed by atoms with E-state index in [0.29, 0.717) is 12.8 Å². The first-order valence-corrected chi connectivity index (χ1v) is 9.07.